The number of carbonyl (C=O) groups is 4. The number of Topliss-reactive ketones (excluding diaryl/α,β-unsaturated/α-hetero) is 2. The Balaban J connectivity index is 2.04. The normalized spacial score (nSPS) is 13.9. The van der Waals surface area contributed by atoms with Crippen molar-refractivity contribution in [3.05, 3.63) is 46.5 Å². The van der Waals surface area contributed by atoms with Gasteiger partial charge in [0.15, 0.2) is 11.6 Å². The van der Waals surface area contributed by atoms with E-state index in [1.807, 2.05) is 0 Å². The van der Waals surface area contributed by atoms with Crippen LogP contribution < -0.4 is 10.6 Å². The fourth-order valence-electron chi connectivity index (χ4n) is 3.55. The van der Waals surface area contributed by atoms with Crippen LogP contribution in [0, 0.1) is 0 Å². The third kappa shape index (κ3) is 8.32. The van der Waals surface area contributed by atoms with Crippen LogP contribution in [0.4, 0.5) is 9.59 Å². The monoisotopic (exact) mass is 472 g/mol. The lowest BCUT2D eigenvalue weighted by Crippen LogP contribution is -2.33. The molecule has 0 saturated heterocycles. The predicted octanol–water partition coefficient (Wildman–Crippen LogP) is 4.97. The molecule has 186 valence electrons. The summed E-state index contributed by atoms with van der Waals surface area (Å²) in [5, 5.41) is 5.36. The largest absolute Gasteiger partial charge is 0.444 e. The number of ether oxygens (including phenoxy) is 2. The zero-order valence-corrected chi connectivity index (χ0v) is 21.0. The fourth-order valence-corrected chi connectivity index (χ4v) is 3.55. The molecule has 1 aromatic carbocycles. The Morgan fingerprint density at radius 3 is 1.38 bits per heavy atom. The first-order chi connectivity index (χ1) is 15.8. The van der Waals surface area contributed by atoms with E-state index in [1.165, 1.54) is 0 Å². The first-order valence-electron chi connectivity index (χ1n) is 11.6. The minimum Gasteiger partial charge on any atom is -0.444 e. The number of nitrogens with one attached hydrogen (secondary N) is 2. The first kappa shape index (κ1) is 27.1. The van der Waals surface area contributed by atoms with Crippen LogP contribution in [0.1, 0.15) is 87.9 Å². The van der Waals surface area contributed by atoms with Crippen molar-refractivity contribution in [2.45, 2.75) is 78.4 Å². The molecule has 2 amide bonds. The zero-order chi connectivity index (χ0) is 25.5. The molecule has 0 radical (unpaired) electrons. The van der Waals surface area contributed by atoms with Crippen molar-refractivity contribution in [3.8, 4) is 0 Å². The van der Waals surface area contributed by atoms with E-state index in [0.717, 1.165) is 0 Å². The summed E-state index contributed by atoms with van der Waals surface area (Å²) < 4.78 is 10.4. The van der Waals surface area contributed by atoms with Crippen molar-refractivity contribution in [2.75, 3.05) is 13.1 Å². The second-order valence-electron chi connectivity index (χ2n) is 10.2. The van der Waals surface area contributed by atoms with Crippen molar-refractivity contribution >= 4 is 23.8 Å². The van der Waals surface area contributed by atoms with Gasteiger partial charge in [0, 0.05) is 35.4 Å². The molecule has 1 aliphatic carbocycles. The van der Waals surface area contributed by atoms with Gasteiger partial charge in [0.1, 0.15) is 11.2 Å². The van der Waals surface area contributed by atoms with Gasteiger partial charge in [-0.1, -0.05) is 24.3 Å². The van der Waals surface area contributed by atoms with Gasteiger partial charge in [-0.2, -0.15) is 0 Å². The number of allylic oxidation sites excluding steroid dienone is 2. The van der Waals surface area contributed by atoms with Crippen molar-refractivity contribution in [2.24, 2.45) is 0 Å². The molecule has 0 bridgehead atoms. The molecular formula is C26H36N2O6. The zero-order valence-electron chi connectivity index (χ0n) is 21.0. The van der Waals surface area contributed by atoms with Crippen LogP contribution in [0.25, 0.3) is 0 Å². The van der Waals surface area contributed by atoms with Gasteiger partial charge in [0.05, 0.1) is 0 Å². The van der Waals surface area contributed by atoms with Gasteiger partial charge in [-0.25, -0.2) is 9.59 Å². The molecule has 0 unspecified atom stereocenters. The Morgan fingerprint density at radius 1 is 0.706 bits per heavy atom. The molecule has 0 saturated carbocycles. The molecular weight excluding hydrogens is 436 g/mol. The van der Waals surface area contributed by atoms with E-state index < -0.39 is 23.4 Å². The number of benzene rings is 1. The standard InChI is InChI=1S/C26H36N2O6/c1-25(2,3)33-23(31)27-15-9-13-19-20(14-10-16-28-24(32)34-26(4,5)6)22(30)18-12-8-7-11-17(18)21(19)29/h7-8,11-12H,9-10,13-16H2,1-6H3,(H,27,31)(H,28,32). The Morgan fingerprint density at radius 2 is 1.06 bits per heavy atom. The smallest absolute Gasteiger partial charge is 0.407 e. The summed E-state index contributed by atoms with van der Waals surface area (Å²) in [4.78, 5) is 50.1. The third-order valence-corrected chi connectivity index (χ3v) is 4.87. The van der Waals surface area contributed by atoms with Crippen molar-refractivity contribution < 1.29 is 28.7 Å². The summed E-state index contributed by atoms with van der Waals surface area (Å²) >= 11 is 0. The van der Waals surface area contributed by atoms with Crippen LogP contribution in [0.15, 0.2) is 35.4 Å². The van der Waals surface area contributed by atoms with E-state index in [1.54, 1.807) is 65.8 Å². The lowest BCUT2D eigenvalue weighted by atomic mass is 9.80. The summed E-state index contributed by atoms with van der Waals surface area (Å²) in [5.41, 5.74) is 0.543. The first-order valence-corrected chi connectivity index (χ1v) is 11.6. The minimum atomic E-state index is -0.595. The minimum absolute atomic E-state index is 0.164. The van der Waals surface area contributed by atoms with Crippen molar-refractivity contribution in [1.82, 2.24) is 10.6 Å². The lowest BCUT2D eigenvalue weighted by molar-refractivity contribution is 0.0515. The highest BCUT2D eigenvalue weighted by molar-refractivity contribution is 6.26. The molecule has 2 N–H and O–H groups in total. The average Bonchev–Trinajstić information content (AvgIpc) is 2.70. The quantitative estimate of drug-likeness (QED) is 0.517. The summed E-state index contributed by atoms with van der Waals surface area (Å²) in [6, 6.07) is 6.80. The number of alkyl carbamates (subject to hydrolysis) is 2. The van der Waals surface area contributed by atoms with E-state index in [-0.39, 0.29) is 11.6 Å². The second-order valence-corrected chi connectivity index (χ2v) is 10.2. The number of ketones is 2. The van der Waals surface area contributed by atoms with Gasteiger partial charge >= 0.3 is 12.2 Å². The molecule has 8 heteroatoms. The summed E-state index contributed by atoms with van der Waals surface area (Å²) in [7, 11) is 0. The van der Waals surface area contributed by atoms with E-state index in [4.69, 9.17) is 9.47 Å². The molecule has 8 nitrogen and oxygen atoms in total. The van der Waals surface area contributed by atoms with E-state index in [0.29, 0.717) is 61.0 Å². The molecule has 0 aromatic heterocycles. The maximum Gasteiger partial charge on any atom is 0.407 e. The molecule has 0 aliphatic heterocycles. The Bertz CT molecular complexity index is 889. The topological polar surface area (TPSA) is 111 Å². The van der Waals surface area contributed by atoms with Crippen LogP contribution in [0.3, 0.4) is 0 Å². The SMILES string of the molecule is CC(C)(C)OC(=O)NCCCC1=C(CCCNC(=O)OC(C)(C)C)C(=O)c2ccccc2C1=O. The van der Waals surface area contributed by atoms with Crippen LogP contribution in [-0.4, -0.2) is 48.0 Å². The van der Waals surface area contributed by atoms with Gasteiger partial charge in [-0.15, -0.1) is 0 Å². The van der Waals surface area contributed by atoms with Crippen LogP contribution in [-0.2, 0) is 9.47 Å². The number of hydrogen-bond donors (Lipinski definition) is 2. The molecule has 0 fully saturated rings. The van der Waals surface area contributed by atoms with Crippen molar-refractivity contribution in [1.29, 1.82) is 0 Å². The summed E-state index contributed by atoms with van der Waals surface area (Å²) in [6.45, 7) is 11.3. The molecule has 1 aromatic rings. The average molecular weight is 473 g/mol. The fraction of sp³-hybridized carbons (Fsp3) is 0.538. The molecule has 2 rings (SSSR count). The number of carbonyl (C=O) groups excluding carboxylic acids is 4. The highest BCUT2D eigenvalue weighted by atomic mass is 16.6. The predicted molar refractivity (Wildman–Crippen MR) is 129 cm³/mol. The number of rotatable bonds is 8. The Labute approximate surface area is 201 Å². The maximum absolute atomic E-state index is 13.2. The van der Waals surface area contributed by atoms with Gasteiger partial charge in [0.2, 0.25) is 0 Å². The maximum atomic E-state index is 13.2. The Kier molecular flexibility index (Phi) is 9.01. The highest BCUT2D eigenvalue weighted by Crippen LogP contribution is 2.31. The second kappa shape index (κ2) is 11.3. The summed E-state index contributed by atoms with van der Waals surface area (Å²) in [6.07, 6.45) is 0.621. The van der Waals surface area contributed by atoms with E-state index >= 15 is 0 Å². The number of hydrogen-bond acceptors (Lipinski definition) is 6. The van der Waals surface area contributed by atoms with Crippen LogP contribution >= 0.6 is 0 Å². The molecule has 1 aliphatic rings. The lowest BCUT2D eigenvalue weighted by Gasteiger charge is -2.22. The summed E-state index contributed by atoms with van der Waals surface area (Å²) in [5.74, 6) is -0.329. The number of fused-ring (bicyclic) bond motifs is 1. The van der Waals surface area contributed by atoms with Crippen LogP contribution in [0.5, 0.6) is 0 Å². The molecule has 34 heavy (non-hydrogen) atoms. The van der Waals surface area contributed by atoms with Crippen LogP contribution in [0.2, 0.25) is 0 Å². The van der Waals surface area contributed by atoms with Crippen molar-refractivity contribution in [3.63, 3.8) is 0 Å². The van der Waals surface area contributed by atoms with E-state index in [9.17, 15) is 19.2 Å². The van der Waals surface area contributed by atoms with E-state index in [2.05, 4.69) is 10.6 Å². The molecule has 0 heterocycles. The Hall–Kier alpha value is -3.16. The number of amides is 2. The van der Waals surface area contributed by atoms with Gasteiger partial charge in [0.25, 0.3) is 0 Å². The van der Waals surface area contributed by atoms with Gasteiger partial charge in [-0.3, -0.25) is 9.59 Å². The molecule has 0 atom stereocenters. The molecule has 0 spiro atoms. The highest BCUT2D eigenvalue weighted by Gasteiger charge is 2.31. The van der Waals surface area contributed by atoms with Gasteiger partial charge in [-0.05, 0) is 67.2 Å². The third-order valence-electron chi connectivity index (χ3n) is 4.87. The van der Waals surface area contributed by atoms with Gasteiger partial charge < -0.3 is 20.1 Å².